The topological polar surface area (TPSA) is 58.6 Å². The molecule has 2 aromatic rings. The first-order valence-electron chi connectivity index (χ1n) is 9.34. The average Bonchev–Trinajstić information content (AvgIpc) is 3.23. The predicted octanol–water partition coefficient (Wildman–Crippen LogP) is 3.10. The third kappa shape index (κ3) is 4.39. The van der Waals surface area contributed by atoms with Crippen molar-refractivity contribution >= 4 is 23.2 Å². The molecule has 1 saturated heterocycles. The molecule has 0 saturated carbocycles. The van der Waals surface area contributed by atoms with Crippen molar-refractivity contribution in [2.75, 3.05) is 26.7 Å². The van der Waals surface area contributed by atoms with E-state index in [1.165, 1.54) is 4.88 Å². The lowest BCUT2D eigenvalue weighted by Crippen LogP contribution is -2.61. The van der Waals surface area contributed by atoms with Crippen molar-refractivity contribution in [3.8, 4) is 10.4 Å². The molecule has 2 amide bonds. The zero-order chi connectivity index (χ0) is 19.3. The molecule has 0 radical (unpaired) electrons. The van der Waals surface area contributed by atoms with Gasteiger partial charge in [0.2, 0.25) is 5.91 Å². The monoisotopic (exact) mass is 386 g/mol. The van der Waals surface area contributed by atoms with Gasteiger partial charge in [-0.3, -0.25) is 9.59 Å². The Bertz CT molecular complexity index is 773. The van der Waals surface area contributed by atoms with E-state index in [4.69, 9.17) is 4.74 Å². The summed E-state index contributed by atoms with van der Waals surface area (Å²) >= 11 is 1.70. The van der Waals surface area contributed by atoms with Gasteiger partial charge in [-0.15, -0.1) is 11.3 Å². The zero-order valence-electron chi connectivity index (χ0n) is 15.9. The second-order valence-corrected chi connectivity index (χ2v) is 7.79. The van der Waals surface area contributed by atoms with Crippen molar-refractivity contribution in [3.05, 3.63) is 47.3 Å². The molecule has 0 aliphatic carbocycles. The molecule has 0 spiro atoms. The molecule has 1 aliphatic rings. The molecule has 5 nitrogen and oxygen atoms in total. The number of hydrogen-bond donors (Lipinski definition) is 1. The van der Waals surface area contributed by atoms with E-state index in [9.17, 15) is 9.59 Å². The molecule has 0 bridgehead atoms. The largest absolute Gasteiger partial charge is 0.361 e. The third-order valence-corrected chi connectivity index (χ3v) is 5.81. The highest BCUT2D eigenvalue weighted by Crippen LogP contribution is 2.28. The molecule has 1 aromatic heterocycles. The Hall–Kier alpha value is -2.18. The fraction of sp³-hybridized carbons (Fsp3) is 0.429. The van der Waals surface area contributed by atoms with Gasteiger partial charge in [0.1, 0.15) is 0 Å². The quantitative estimate of drug-likeness (QED) is 0.830. The summed E-state index contributed by atoms with van der Waals surface area (Å²) in [5.41, 5.74) is 1.14. The molecule has 6 heteroatoms. The summed E-state index contributed by atoms with van der Waals surface area (Å²) in [5.74, 6) is -0.0963. The Labute approximate surface area is 164 Å². The van der Waals surface area contributed by atoms with E-state index in [2.05, 4.69) is 28.9 Å². The minimum absolute atomic E-state index is 0.0853. The number of carbonyl (C=O) groups is 2. The van der Waals surface area contributed by atoms with Crippen LogP contribution >= 0.6 is 11.3 Å². The number of benzene rings is 1. The number of nitrogens with zero attached hydrogens (tertiary/aromatic N) is 1. The van der Waals surface area contributed by atoms with Crippen LogP contribution in [0.5, 0.6) is 0 Å². The van der Waals surface area contributed by atoms with Crippen LogP contribution in [-0.2, 0) is 20.7 Å². The second kappa shape index (κ2) is 8.67. The number of likely N-dealkylation sites (N-methyl/N-ethyl adjacent to an activating group) is 1. The number of rotatable bonds is 6. The van der Waals surface area contributed by atoms with Gasteiger partial charge >= 0.3 is 0 Å². The smallest absolute Gasteiger partial charge is 0.254 e. The summed E-state index contributed by atoms with van der Waals surface area (Å²) < 4.78 is 5.98. The van der Waals surface area contributed by atoms with Gasteiger partial charge in [-0.25, -0.2) is 0 Å². The van der Waals surface area contributed by atoms with E-state index in [0.717, 1.165) is 17.5 Å². The van der Waals surface area contributed by atoms with Gasteiger partial charge in [0.05, 0.1) is 13.2 Å². The first-order valence-corrected chi connectivity index (χ1v) is 10.2. The highest BCUT2D eigenvalue weighted by molar-refractivity contribution is 7.13. The Balaban J connectivity index is 1.80. The van der Waals surface area contributed by atoms with Crippen molar-refractivity contribution in [1.29, 1.82) is 0 Å². The maximum absolute atomic E-state index is 12.7. The number of amides is 2. The van der Waals surface area contributed by atoms with Gasteiger partial charge in [-0.1, -0.05) is 37.3 Å². The van der Waals surface area contributed by atoms with E-state index in [1.54, 1.807) is 23.3 Å². The summed E-state index contributed by atoms with van der Waals surface area (Å²) in [6.45, 7) is 3.18. The summed E-state index contributed by atoms with van der Waals surface area (Å²) in [4.78, 5) is 28.0. The van der Waals surface area contributed by atoms with Crippen LogP contribution in [0.15, 0.2) is 41.8 Å². The normalized spacial score (nSPS) is 19.7. The molecule has 2 heterocycles. The molecular formula is C21H26N2O3S. The number of carbonyl (C=O) groups excluding carboxylic acids is 2. The molecule has 3 rings (SSSR count). The molecule has 0 unspecified atom stereocenters. The van der Waals surface area contributed by atoms with Gasteiger partial charge in [0.15, 0.2) is 5.60 Å². The van der Waals surface area contributed by atoms with Crippen LogP contribution in [0.25, 0.3) is 10.4 Å². The number of thiophene rings is 1. The minimum atomic E-state index is -1.04. The van der Waals surface area contributed by atoms with Gasteiger partial charge < -0.3 is 15.0 Å². The lowest BCUT2D eigenvalue weighted by molar-refractivity contribution is -0.165. The van der Waals surface area contributed by atoms with Crippen LogP contribution in [0.3, 0.4) is 0 Å². The van der Waals surface area contributed by atoms with Crippen molar-refractivity contribution in [1.82, 2.24) is 10.2 Å². The fourth-order valence-corrected chi connectivity index (χ4v) is 4.21. The van der Waals surface area contributed by atoms with Crippen molar-refractivity contribution < 1.29 is 14.3 Å². The summed E-state index contributed by atoms with van der Waals surface area (Å²) in [6.07, 6.45) is 1.74. The number of nitrogens with one attached hydrogen (secondary N) is 1. The van der Waals surface area contributed by atoms with E-state index in [1.807, 2.05) is 25.1 Å². The fourth-order valence-electron chi connectivity index (χ4n) is 3.48. The molecule has 1 aliphatic heterocycles. The lowest BCUT2D eigenvalue weighted by atomic mass is 9.90. The van der Waals surface area contributed by atoms with E-state index in [-0.39, 0.29) is 18.4 Å². The maximum Gasteiger partial charge on any atom is 0.254 e. The predicted molar refractivity (Wildman–Crippen MR) is 108 cm³/mol. The summed E-state index contributed by atoms with van der Waals surface area (Å²) in [7, 11) is 1.61. The molecule has 1 atom stereocenters. The van der Waals surface area contributed by atoms with Crippen LogP contribution < -0.4 is 5.32 Å². The standard InChI is InChI=1S/C21H26N2O3S/c1-3-5-19(24)23-11-12-26-21(15-23,20(25)22-2)14-16-7-9-17(10-8-16)18-6-4-13-27-18/h4,6-10,13H,3,5,11-12,14-15H2,1-2H3,(H,22,25)/t21-/m0/s1. The Morgan fingerprint density at radius 3 is 2.67 bits per heavy atom. The first-order chi connectivity index (χ1) is 13.1. The van der Waals surface area contributed by atoms with E-state index in [0.29, 0.717) is 26.0 Å². The Kier molecular flexibility index (Phi) is 6.29. The Morgan fingerprint density at radius 2 is 2.04 bits per heavy atom. The van der Waals surface area contributed by atoms with Crippen LogP contribution in [-0.4, -0.2) is 49.1 Å². The number of ether oxygens (including phenoxy) is 1. The van der Waals surface area contributed by atoms with Crippen molar-refractivity contribution in [2.45, 2.75) is 31.8 Å². The van der Waals surface area contributed by atoms with E-state index >= 15 is 0 Å². The van der Waals surface area contributed by atoms with Gasteiger partial charge in [-0.05, 0) is 29.0 Å². The molecular weight excluding hydrogens is 360 g/mol. The van der Waals surface area contributed by atoms with Crippen LogP contribution in [0, 0.1) is 0 Å². The third-order valence-electron chi connectivity index (χ3n) is 4.89. The molecule has 1 aromatic carbocycles. The van der Waals surface area contributed by atoms with Crippen molar-refractivity contribution in [2.24, 2.45) is 0 Å². The first kappa shape index (κ1) is 19.6. The van der Waals surface area contributed by atoms with Gasteiger partial charge in [-0.2, -0.15) is 0 Å². The van der Waals surface area contributed by atoms with E-state index < -0.39 is 5.60 Å². The van der Waals surface area contributed by atoms with Crippen LogP contribution in [0.1, 0.15) is 25.3 Å². The molecule has 1 N–H and O–H groups in total. The molecule has 27 heavy (non-hydrogen) atoms. The van der Waals surface area contributed by atoms with Crippen LogP contribution in [0.4, 0.5) is 0 Å². The zero-order valence-corrected chi connectivity index (χ0v) is 16.7. The maximum atomic E-state index is 12.7. The van der Waals surface area contributed by atoms with Gasteiger partial charge in [0.25, 0.3) is 5.91 Å². The van der Waals surface area contributed by atoms with Gasteiger partial charge in [0, 0.05) is 31.3 Å². The second-order valence-electron chi connectivity index (χ2n) is 6.84. The SMILES string of the molecule is CCCC(=O)N1CCO[C@](Cc2ccc(-c3cccs3)cc2)(C(=O)NC)C1. The van der Waals surface area contributed by atoms with Crippen LogP contribution in [0.2, 0.25) is 0 Å². The Morgan fingerprint density at radius 1 is 1.26 bits per heavy atom. The minimum Gasteiger partial charge on any atom is -0.361 e. The highest BCUT2D eigenvalue weighted by atomic mass is 32.1. The summed E-state index contributed by atoms with van der Waals surface area (Å²) in [6, 6.07) is 12.3. The number of hydrogen-bond acceptors (Lipinski definition) is 4. The average molecular weight is 387 g/mol. The molecule has 1 fully saturated rings. The highest BCUT2D eigenvalue weighted by Gasteiger charge is 2.44. The molecule has 144 valence electrons. The lowest BCUT2D eigenvalue weighted by Gasteiger charge is -2.41. The summed E-state index contributed by atoms with van der Waals surface area (Å²) in [5, 5.41) is 4.78. The number of morpholine rings is 1. The van der Waals surface area contributed by atoms with Crippen molar-refractivity contribution in [3.63, 3.8) is 0 Å².